The predicted molar refractivity (Wildman–Crippen MR) is 33.6 cm³/mol. The van der Waals surface area contributed by atoms with Crippen molar-refractivity contribution in [2.45, 2.75) is 12.8 Å². The summed E-state index contributed by atoms with van der Waals surface area (Å²) < 4.78 is 5.14. The first-order valence-corrected chi connectivity index (χ1v) is 3.55. The quantitative estimate of drug-likeness (QED) is 0.579. The third-order valence-corrected chi connectivity index (χ3v) is 2.62. The van der Waals surface area contributed by atoms with Gasteiger partial charge in [-0.3, -0.25) is 4.79 Å². The Labute approximate surface area is 59.0 Å². The van der Waals surface area contributed by atoms with Gasteiger partial charge in [0.05, 0.1) is 12.5 Å². The smallest absolute Gasteiger partial charge is 0.307 e. The van der Waals surface area contributed by atoms with E-state index < -0.39 is 5.97 Å². The maximum absolute atomic E-state index is 10.5. The van der Waals surface area contributed by atoms with Crippen molar-refractivity contribution in [1.29, 1.82) is 0 Å². The lowest BCUT2D eigenvalue weighted by molar-refractivity contribution is -0.139. The zero-order valence-corrected chi connectivity index (χ0v) is 5.67. The third-order valence-electron chi connectivity index (χ3n) is 2.62. The molecule has 0 bridgehead atoms. The van der Waals surface area contributed by atoms with Crippen LogP contribution < -0.4 is 0 Å². The number of rotatable bonds is 1. The highest BCUT2D eigenvalue weighted by atomic mass is 16.5. The molecule has 1 aliphatic carbocycles. The molecule has 1 aliphatic heterocycles. The number of aliphatic carboxylic acids is 1. The highest BCUT2D eigenvalue weighted by Gasteiger charge is 2.60. The van der Waals surface area contributed by atoms with E-state index in [9.17, 15) is 4.79 Å². The molecule has 0 radical (unpaired) electrons. The maximum atomic E-state index is 10.5. The first-order chi connectivity index (χ1) is 4.75. The van der Waals surface area contributed by atoms with E-state index >= 15 is 0 Å². The first-order valence-electron chi connectivity index (χ1n) is 3.55. The maximum Gasteiger partial charge on any atom is 0.307 e. The summed E-state index contributed by atoms with van der Waals surface area (Å²) in [6, 6.07) is 0. The Morgan fingerprint density at radius 1 is 1.70 bits per heavy atom. The summed E-state index contributed by atoms with van der Waals surface area (Å²) in [5.41, 5.74) is 0.0613. The van der Waals surface area contributed by atoms with Crippen molar-refractivity contribution < 1.29 is 14.6 Å². The monoisotopic (exact) mass is 142 g/mol. The minimum atomic E-state index is -0.648. The molecule has 56 valence electrons. The third kappa shape index (κ3) is 0.669. The van der Waals surface area contributed by atoms with Crippen LogP contribution in [-0.2, 0) is 9.53 Å². The second-order valence-electron chi connectivity index (χ2n) is 3.26. The van der Waals surface area contributed by atoms with Crippen LogP contribution in [0.4, 0.5) is 0 Å². The fraction of sp³-hybridized carbons (Fsp3) is 0.857. The van der Waals surface area contributed by atoms with Crippen molar-refractivity contribution in [3.63, 3.8) is 0 Å². The molecule has 0 aromatic rings. The SMILES string of the molecule is O=C(O)[C@H]1C[C@]12CCOC2. The van der Waals surface area contributed by atoms with Gasteiger partial charge < -0.3 is 9.84 Å². The van der Waals surface area contributed by atoms with Gasteiger partial charge in [0.2, 0.25) is 0 Å². The van der Waals surface area contributed by atoms with Crippen molar-refractivity contribution in [3.05, 3.63) is 0 Å². The minimum Gasteiger partial charge on any atom is -0.481 e. The van der Waals surface area contributed by atoms with Gasteiger partial charge in [-0.2, -0.15) is 0 Å². The second-order valence-corrected chi connectivity index (χ2v) is 3.26. The second kappa shape index (κ2) is 1.72. The number of carboxylic acid groups (broad SMARTS) is 1. The summed E-state index contributed by atoms with van der Waals surface area (Å²) in [7, 11) is 0. The summed E-state index contributed by atoms with van der Waals surface area (Å²) in [4.78, 5) is 10.5. The molecule has 1 N–H and O–H groups in total. The molecule has 3 nitrogen and oxygen atoms in total. The van der Waals surface area contributed by atoms with Gasteiger partial charge in [0.25, 0.3) is 0 Å². The zero-order chi connectivity index (χ0) is 7.19. The molecule has 2 atom stereocenters. The van der Waals surface area contributed by atoms with Gasteiger partial charge in [-0.05, 0) is 12.8 Å². The van der Waals surface area contributed by atoms with Crippen LogP contribution in [-0.4, -0.2) is 24.3 Å². The Morgan fingerprint density at radius 3 is 2.90 bits per heavy atom. The molecule has 1 saturated carbocycles. The van der Waals surface area contributed by atoms with Gasteiger partial charge in [-0.25, -0.2) is 0 Å². The molecular weight excluding hydrogens is 132 g/mol. The fourth-order valence-corrected chi connectivity index (χ4v) is 1.76. The van der Waals surface area contributed by atoms with Crippen molar-refractivity contribution >= 4 is 5.97 Å². The Balaban J connectivity index is 2.04. The molecule has 1 heterocycles. The van der Waals surface area contributed by atoms with Gasteiger partial charge in [0.15, 0.2) is 0 Å². The zero-order valence-electron chi connectivity index (χ0n) is 5.67. The van der Waals surface area contributed by atoms with Crippen LogP contribution >= 0.6 is 0 Å². The minimum absolute atomic E-state index is 0.0613. The molecule has 10 heavy (non-hydrogen) atoms. The summed E-state index contributed by atoms with van der Waals surface area (Å²) in [6.45, 7) is 1.42. The largest absolute Gasteiger partial charge is 0.481 e. The molecular formula is C7H10O3. The molecule has 0 unspecified atom stereocenters. The number of hydrogen-bond acceptors (Lipinski definition) is 2. The van der Waals surface area contributed by atoms with Crippen LogP contribution in [0.5, 0.6) is 0 Å². The highest BCUT2D eigenvalue weighted by molar-refractivity contribution is 5.74. The molecule has 2 aliphatic rings. The van der Waals surface area contributed by atoms with Crippen LogP contribution in [0.2, 0.25) is 0 Å². The molecule has 1 spiro atoms. The van der Waals surface area contributed by atoms with Gasteiger partial charge in [0.1, 0.15) is 0 Å². The van der Waals surface area contributed by atoms with E-state index in [1.54, 1.807) is 0 Å². The van der Waals surface area contributed by atoms with E-state index in [0.717, 1.165) is 19.4 Å². The molecule has 0 amide bonds. The predicted octanol–water partition coefficient (Wildman–Crippen LogP) is 0.498. The van der Waals surface area contributed by atoms with Crippen molar-refractivity contribution in [1.82, 2.24) is 0 Å². The molecule has 2 rings (SSSR count). The van der Waals surface area contributed by atoms with Crippen LogP contribution in [0, 0.1) is 11.3 Å². The van der Waals surface area contributed by atoms with Crippen LogP contribution in [0.1, 0.15) is 12.8 Å². The lowest BCUT2D eigenvalue weighted by Crippen LogP contribution is -2.09. The first kappa shape index (κ1) is 6.16. The lowest BCUT2D eigenvalue weighted by Gasteiger charge is -2.00. The highest BCUT2D eigenvalue weighted by Crippen LogP contribution is 2.57. The standard InChI is InChI=1S/C7H10O3/c8-6(9)5-3-7(5)1-2-10-4-7/h5H,1-4H2,(H,8,9)/t5-,7+/m1/s1. The van der Waals surface area contributed by atoms with Gasteiger partial charge in [-0.1, -0.05) is 0 Å². The van der Waals surface area contributed by atoms with Crippen molar-refractivity contribution in [2.75, 3.05) is 13.2 Å². The van der Waals surface area contributed by atoms with E-state index in [0.29, 0.717) is 6.61 Å². The molecule has 2 fully saturated rings. The van der Waals surface area contributed by atoms with E-state index in [1.807, 2.05) is 0 Å². The normalized spacial score (nSPS) is 44.2. The average molecular weight is 142 g/mol. The van der Waals surface area contributed by atoms with Crippen LogP contribution in [0.3, 0.4) is 0 Å². The fourth-order valence-electron chi connectivity index (χ4n) is 1.76. The molecule has 1 saturated heterocycles. The summed E-state index contributed by atoms with van der Waals surface area (Å²) in [6.07, 6.45) is 1.78. The van der Waals surface area contributed by atoms with Gasteiger partial charge in [-0.15, -0.1) is 0 Å². The average Bonchev–Trinajstić information content (AvgIpc) is 2.32. The van der Waals surface area contributed by atoms with Crippen LogP contribution in [0.25, 0.3) is 0 Å². The lowest BCUT2D eigenvalue weighted by atomic mass is 10.0. The Kier molecular flexibility index (Phi) is 1.06. The number of hydrogen-bond donors (Lipinski definition) is 1. The summed E-state index contributed by atoms with van der Waals surface area (Å²) >= 11 is 0. The Bertz CT molecular complexity index is 170. The Hall–Kier alpha value is -0.570. The van der Waals surface area contributed by atoms with Crippen molar-refractivity contribution in [3.8, 4) is 0 Å². The topological polar surface area (TPSA) is 46.5 Å². The number of carbonyl (C=O) groups is 1. The van der Waals surface area contributed by atoms with E-state index in [1.165, 1.54) is 0 Å². The van der Waals surface area contributed by atoms with E-state index in [4.69, 9.17) is 9.84 Å². The summed E-state index contributed by atoms with van der Waals surface area (Å²) in [5, 5.41) is 8.62. The van der Waals surface area contributed by atoms with Crippen LogP contribution in [0.15, 0.2) is 0 Å². The van der Waals surface area contributed by atoms with E-state index in [2.05, 4.69) is 0 Å². The number of ether oxygens (including phenoxy) is 1. The van der Waals surface area contributed by atoms with Gasteiger partial charge >= 0.3 is 5.97 Å². The van der Waals surface area contributed by atoms with E-state index in [-0.39, 0.29) is 11.3 Å². The van der Waals surface area contributed by atoms with Crippen molar-refractivity contribution in [2.24, 2.45) is 11.3 Å². The summed E-state index contributed by atoms with van der Waals surface area (Å²) in [5.74, 6) is -0.750. The number of carboxylic acids is 1. The molecule has 0 aromatic carbocycles. The van der Waals surface area contributed by atoms with Gasteiger partial charge in [0, 0.05) is 12.0 Å². The Morgan fingerprint density at radius 2 is 2.50 bits per heavy atom. The molecule has 0 aromatic heterocycles. The molecule has 3 heteroatoms.